The zero-order chi connectivity index (χ0) is 16.7. The van der Waals surface area contributed by atoms with E-state index < -0.39 is 0 Å². The fourth-order valence-electron chi connectivity index (χ4n) is 2.64. The Morgan fingerprint density at radius 2 is 2.25 bits per heavy atom. The van der Waals surface area contributed by atoms with Crippen molar-refractivity contribution >= 4 is 43.7 Å². The summed E-state index contributed by atoms with van der Waals surface area (Å²) >= 11 is 1.42. The van der Waals surface area contributed by atoms with E-state index >= 15 is 0 Å². The van der Waals surface area contributed by atoms with Crippen LogP contribution in [0.2, 0.25) is 0 Å². The predicted octanol–water partition coefficient (Wildman–Crippen LogP) is 4.03. The largest absolute Gasteiger partial charge is 0.494 e. The van der Waals surface area contributed by atoms with Crippen molar-refractivity contribution in [3.63, 3.8) is 0 Å². The third-order valence-electron chi connectivity index (χ3n) is 3.79. The van der Waals surface area contributed by atoms with Gasteiger partial charge in [0.1, 0.15) is 11.4 Å². The minimum Gasteiger partial charge on any atom is -0.494 e. The number of hydrogen-bond donors (Lipinski definition) is 1. The molecule has 7 heteroatoms. The second kappa shape index (κ2) is 5.68. The Bertz CT molecular complexity index is 1040. The van der Waals surface area contributed by atoms with Crippen LogP contribution in [0.3, 0.4) is 0 Å². The number of furan rings is 1. The maximum absolute atomic E-state index is 12.5. The van der Waals surface area contributed by atoms with Crippen LogP contribution in [0.5, 0.6) is 5.75 Å². The zero-order valence-electron chi connectivity index (χ0n) is 13.2. The summed E-state index contributed by atoms with van der Waals surface area (Å²) in [5.41, 5.74) is 2.93. The molecule has 0 saturated heterocycles. The van der Waals surface area contributed by atoms with Gasteiger partial charge < -0.3 is 13.7 Å². The lowest BCUT2D eigenvalue weighted by molar-refractivity contribution is 0.101. The minimum atomic E-state index is -0.215. The number of amides is 1. The Labute approximate surface area is 141 Å². The molecule has 0 saturated carbocycles. The van der Waals surface area contributed by atoms with E-state index in [2.05, 4.69) is 10.3 Å². The lowest BCUT2D eigenvalue weighted by Gasteiger charge is -2.02. The molecule has 4 rings (SSSR count). The van der Waals surface area contributed by atoms with Crippen LogP contribution in [0.1, 0.15) is 17.4 Å². The molecule has 0 bridgehead atoms. The number of aromatic nitrogens is 2. The van der Waals surface area contributed by atoms with Crippen molar-refractivity contribution in [1.29, 1.82) is 0 Å². The Morgan fingerprint density at radius 3 is 3.04 bits per heavy atom. The minimum absolute atomic E-state index is 0.215. The highest BCUT2D eigenvalue weighted by atomic mass is 32.1. The van der Waals surface area contributed by atoms with Crippen LogP contribution in [0.25, 0.3) is 21.3 Å². The van der Waals surface area contributed by atoms with Crippen molar-refractivity contribution in [2.45, 2.75) is 6.92 Å². The topological polar surface area (TPSA) is 69.3 Å². The molecule has 0 aliphatic rings. The predicted molar refractivity (Wildman–Crippen MR) is 93.9 cm³/mol. The molecule has 4 aromatic rings. The van der Waals surface area contributed by atoms with E-state index in [0.29, 0.717) is 23.0 Å². The maximum Gasteiger partial charge on any atom is 0.274 e. The molecule has 122 valence electrons. The summed E-state index contributed by atoms with van der Waals surface area (Å²) in [6.07, 6.45) is 1.61. The number of aryl methyl sites for hydroxylation is 1. The molecule has 24 heavy (non-hydrogen) atoms. The highest BCUT2D eigenvalue weighted by molar-refractivity contribution is 7.22. The number of nitrogens with one attached hydrogen (secondary N) is 1. The molecule has 3 aromatic heterocycles. The van der Waals surface area contributed by atoms with Crippen molar-refractivity contribution in [1.82, 2.24) is 9.55 Å². The molecule has 1 aromatic carbocycles. The first-order valence-corrected chi connectivity index (χ1v) is 8.35. The first kappa shape index (κ1) is 14.8. The van der Waals surface area contributed by atoms with Gasteiger partial charge in [0.15, 0.2) is 10.7 Å². The van der Waals surface area contributed by atoms with E-state index in [1.807, 2.05) is 38.2 Å². The van der Waals surface area contributed by atoms with Gasteiger partial charge in [-0.25, -0.2) is 4.98 Å². The summed E-state index contributed by atoms with van der Waals surface area (Å²) < 4.78 is 13.6. The van der Waals surface area contributed by atoms with Gasteiger partial charge in [-0.1, -0.05) is 11.3 Å². The van der Waals surface area contributed by atoms with Gasteiger partial charge in [-0.15, -0.1) is 0 Å². The Morgan fingerprint density at radius 1 is 1.38 bits per heavy atom. The molecule has 0 unspecified atom stereocenters. The summed E-state index contributed by atoms with van der Waals surface area (Å²) in [6, 6.07) is 9.26. The standard InChI is InChI=1S/C17H15N3O3S/c1-3-22-10-4-5-11-15(8-10)24-17(18-11)19-16(21)13-9-14-12(20(13)2)6-7-23-14/h4-9H,3H2,1-2H3,(H,18,19,21). The average Bonchev–Trinajstić information content (AvgIpc) is 3.23. The molecule has 3 heterocycles. The third-order valence-corrected chi connectivity index (χ3v) is 4.72. The summed E-state index contributed by atoms with van der Waals surface area (Å²) in [5.74, 6) is 0.585. The number of hydrogen-bond acceptors (Lipinski definition) is 5. The van der Waals surface area contributed by atoms with Crippen LogP contribution in [-0.2, 0) is 7.05 Å². The normalized spacial score (nSPS) is 11.2. The van der Waals surface area contributed by atoms with Crippen molar-refractivity contribution in [3.05, 3.63) is 42.3 Å². The van der Waals surface area contributed by atoms with Gasteiger partial charge in [-0.3, -0.25) is 10.1 Å². The van der Waals surface area contributed by atoms with E-state index in [4.69, 9.17) is 9.15 Å². The van der Waals surface area contributed by atoms with Crippen LogP contribution in [0, 0.1) is 0 Å². The zero-order valence-corrected chi connectivity index (χ0v) is 14.0. The fourth-order valence-corrected chi connectivity index (χ4v) is 3.53. The van der Waals surface area contributed by atoms with Gasteiger partial charge in [0.05, 0.1) is 28.6 Å². The summed E-state index contributed by atoms with van der Waals surface area (Å²) in [7, 11) is 1.83. The van der Waals surface area contributed by atoms with Gasteiger partial charge in [-0.2, -0.15) is 0 Å². The molecular formula is C17H15N3O3S. The quantitative estimate of drug-likeness (QED) is 0.608. The number of carbonyl (C=O) groups excluding carboxylic acids is 1. The van der Waals surface area contributed by atoms with E-state index in [0.717, 1.165) is 21.5 Å². The molecular weight excluding hydrogens is 326 g/mol. The van der Waals surface area contributed by atoms with Crippen molar-refractivity contribution in [2.75, 3.05) is 11.9 Å². The third kappa shape index (κ3) is 2.43. The number of rotatable bonds is 4. The first-order chi connectivity index (χ1) is 11.7. The number of nitrogens with zero attached hydrogens (tertiary/aromatic N) is 2. The first-order valence-electron chi connectivity index (χ1n) is 7.53. The SMILES string of the molecule is CCOc1ccc2nc(NC(=O)c3cc4occc4n3C)sc2c1. The van der Waals surface area contributed by atoms with Gasteiger partial charge in [0.25, 0.3) is 5.91 Å². The van der Waals surface area contributed by atoms with Crippen LogP contribution >= 0.6 is 11.3 Å². The van der Waals surface area contributed by atoms with Crippen LogP contribution in [0.15, 0.2) is 41.0 Å². The molecule has 6 nitrogen and oxygen atoms in total. The fraction of sp³-hybridized carbons (Fsp3) is 0.176. The number of carbonyl (C=O) groups is 1. The van der Waals surface area contributed by atoms with E-state index in [1.165, 1.54) is 11.3 Å². The Balaban J connectivity index is 1.62. The second-order valence-electron chi connectivity index (χ2n) is 5.29. The summed E-state index contributed by atoms with van der Waals surface area (Å²) in [4.78, 5) is 17.0. The van der Waals surface area contributed by atoms with Crippen LogP contribution in [-0.4, -0.2) is 22.1 Å². The average molecular weight is 341 g/mol. The molecule has 1 amide bonds. The Kier molecular flexibility index (Phi) is 3.50. The molecule has 0 radical (unpaired) electrons. The molecule has 0 aliphatic carbocycles. The molecule has 1 N–H and O–H groups in total. The summed E-state index contributed by atoms with van der Waals surface area (Å²) in [6.45, 7) is 2.56. The molecule has 0 fully saturated rings. The molecule has 0 aliphatic heterocycles. The summed E-state index contributed by atoms with van der Waals surface area (Å²) in [5, 5.41) is 3.41. The van der Waals surface area contributed by atoms with Crippen molar-refractivity contribution in [3.8, 4) is 5.75 Å². The highest BCUT2D eigenvalue weighted by Gasteiger charge is 2.16. The van der Waals surface area contributed by atoms with Crippen molar-refractivity contribution < 1.29 is 13.9 Å². The van der Waals surface area contributed by atoms with Gasteiger partial charge in [0.2, 0.25) is 0 Å². The lowest BCUT2D eigenvalue weighted by Crippen LogP contribution is -2.15. The number of anilines is 1. The highest BCUT2D eigenvalue weighted by Crippen LogP contribution is 2.30. The van der Waals surface area contributed by atoms with Crippen molar-refractivity contribution in [2.24, 2.45) is 7.05 Å². The van der Waals surface area contributed by atoms with E-state index in [9.17, 15) is 4.79 Å². The number of benzene rings is 1. The van der Waals surface area contributed by atoms with E-state index in [-0.39, 0.29) is 5.91 Å². The molecule has 0 spiro atoms. The molecule has 0 atom stereocenters. The number of fused-ring (bicyclic) bond motifs is 2. The smallest absolute Gasteiger partial charge is 0.274 e. The van der Waals surface area contributed by atoms with Gasteiger partial charge in [0, 0.05) is 19.2 Å². The van der Waals surface area contributed by atoms with E-state index in [1.54, 1.807) is 16.9 Å². The lowest BCUT2D eigenvalue weighted by atomic mass is 10.3. The number of thiazole rings is 1. The maximum atomic E-state index is 12.5. The Hall–Kier alpha value is -2.80. The van der Waals surface area contributed by atoms with Gasteiger partial charge in [-0.05, 0) is 25.1 Å². The van der Waals surface area contributed by atoms with Crippen LogP contribution < -0.4 is 10.1 Å². The van der Waals surface area contributed by atoms with Crippen LogP contribution in [0.4, 0.5) is 5.13 Å². The number of ether oxygens (including phenoxy) is 1. The monoisotopic (exact) mass is 341 g/mol. The second-order valence-corrected chi connectivity index (χ2v) is 6.33. The van der Waals surface area contributed by atoms with Gasteiger partial charge >= 0.3 is 0 Å².